The van der Waals surface area contributed by atoms with Gasteiger partial charge in [0.05, 0.1) is 6.61 Å². The molecule has 0 aromatic heterocycles. The molecule has 0 heterocycles. The van der Waals surface area contributed by atoms with Crippen LogP contribution < -0.4 is 5.32 Å². The molecule has 1 aromatic carbocycles. The molecule has 0 aliphatic heterocycles. The standard InChI is InChI=1S/C14H19NO/c16-10-14(6-3-7-14)15-9-12-8-11-4-1-2-5-13(11)12/h1-2,4-5,12,15-16H,3,6-10H2. The maximum atomic E-state index is 9.37. The van der Waals surface area contributed by atoms with Crippen molar-refractivity contribution in [2.45, 2.75) is 37.1 Å². The van der Waals surface area contributed by atoms with E-state index in [2.05, 4.69) is 29.6 Å². The number of hydrogen-bond acceptors (Lipinski definition) is 2. The highest BCUT2D eigenvalue weighted by Gasteiger charge is 2.37. The Kier molecular flexibility index (Phi) is 2.49. The molecule has 0 bridgehead atoms. The van der Waals surface area contributed by atoms with E-state index >= 15 is 0 Å². The Bertz CT molecular complexity index is 379. The Morgan fingerprint density at radius 3 is 2.75 bits per heavy atom. The Morgan fingerprint density at radius 2 is 2.12 bits per heavy atom. The number of nitrogens with one attached hydrogen (secondary N) is 1. The minimum atomic E-state index is 0.0601. The number of hydrogen-bond donors (Lipinski definition) is 2. The first-order valence-corrected chi connectivity index (χ1v) is 6.27. The normalized spacial score (nSPS) is 25.4. The van der Waals surface area contributed by atoms with Gasteiger partial charge in [-0.1, -0.05) is 24.3 Å². The average Bonchev–Trinajstić information content (AvgIpc) is 2.23. The zero-order valence-corrected chi connectivity index (χ0v) is 9.58. The van der Waals surface area contributed by atoms with Gasteiger partial charge in [-0.15, -0.1) is 0 Å². The summed E-state index contributed by atoms with van der Waals surface area (Å²) in [6.07, 6.45) is 4.73. The molecular formula is C14H19NO. The summed E-state index contributed by atoms with van der Waals surface area (Å²) in [6.45, 7) is 1.32. The summed E-state index contributed by atoms with van der Waals surface area (Å²) in [5.41, 5.74) is 3.06. The smallest absolute Gasteiger partial charge is 0.0613 e. The summed E-state index contributed by atoms with van der Waals surface area (Å²) in [5.74, 6) is 0.667. The third-order valence-corrected chi connectivity index (χ3v) is 4.30. The van der Waals surface area contributed by atoms with Gasteiger partial charge in [0.25, 0.3) is 0 Å². The van der Waals surface area contributed by atoms with Crippen molar-refractivity contribution >= 4 is 0 Å². The minimum absolute atomic E-state index is 0.0601. The second-order valence-electron chi connectivity index (χ2n) is 5.27. The number of rotatable bonds is 4. The molecule has 1 fully saturated rings. The van der Waals surface area contributed by atoms with E-state index in [1.54, 1.807) is 0 Å². The lowest BCUT2D eigenvalue weighted by atomic mass is 9.74. The van der Waals surface area contributed by atoms with Crippen LogP contribution in [0.15, 0.2) is 24.3 Å². The Hall–Kier alpha value is -0.860. The average molecular weight is 217 g/mol. The first kappa shape index (κ1) is 10.3. The van der Waals surface area contributed by atoms with Gasteiger partial charge in [0.1, 0.15) is 0 Å². The summed E-state index contributed by atoms with van der Waals surface area (Å²) in [7, 11) is 0. The number of fused-ring (bicyclic) bond motifs is 1. The van der Waals surface area contributed by atoms with Crippen LogP contribution in [0.3, 0.4) is 0 Å². The molecule has 3 rings (SSSR count). The summed E-state index contributed by atoms with van der Waals surface area (Å²) in [5, 5.41) is 12.9. The largest absolute Gasteiger partial charge is 0.394 e. The van der Waals surface area contributed by atoms with Gasteiger partial charge in [0, 0.05) is 18.0 Å². The van der Waals surface area contributed by atoms with Crippen LogP contribution in [-0.4, -0.2) is 23.8 Å². The highest BCUT2D eigenvalue weighted by atomic mass is 16.3. The molecule has 0 radical (unpaired) electrons. The monoisotopic (exact) mass is 217 g/mol. The fraction of sp³-hybridized carbons (Fsp3) is 0.571. The fourth-order valence-electron chi connectivity index (χ4n) is 2.88. The van der Waals surface area contributed by atoms with Crippen LogP contribution in [0.1, 0.15) is 36.3 Å². The minimum Gasteiger partial charge on any atom is -0.394 e. The van der Waals surface area contributed by atoms with Crippen LogP contribution in [0.25, 0.3) is 0 Å². The van der Waals surface area contributed by atoms with Crippen molar-refractivity contribution in [3.8, 4) is 0 Å². The zero-order valence-electron chi connectivity index (χ0n) is 9.58. The molecule has 2 heteroatoms. The Morgan fingerprint density at radius 1 is 1.31 bits per heavy atom. The van der Waals surface area contributed by atoms with E-state index in [4.69, 9.17) is 0 Å². The van der Waals surface area contributed by atoms with Gasteiger partial charge in [-0.2, -0.15) is 0 Å². The molecule has 0 spiro atoms. The maximum Gasteiger partial charge on any atom is 0.0613 e. The zero-order chi connectivity index (χ0) is 11.0. The van der Waals surface area contributed by atoms with Crippen LogP contribution in [0, 0.1) is 0 Å². The molecule has 2 N–H and O–H groups in total. The Balaban J connectivity index is 1.58. The summed E-state index contributed by atoms with van der Waals surface area (Å²) >= 11 is 0. The number of aliphatic hydroxyl groups is 1. The first-order valence-electron chi connectivity index (χ1n) is 6.27. The molecule has 1 unspecified atom stereocenters. The van der Waals surface area contributed by atoms with Crippen LogP contribution in [0.2, 0.25) is 0 Å². The number of benzene rings is 1. The van der Waals surface area contributed by atoms with Crippen LogP contribution in [0.4, 0.5) is 0 Å². The van der Waals surface area contributed by atoms with E-state index < -0.39 is 0 Å². The third kappa shape index (κ3) is 1.57. The van der Waals surface area contributed by atoms with E-state index in [9.17, 15) is 5.11 Å². The van der Waals surface area contributed by atoms with Crippen molar-refractivity contribution in [2.24, 2.45) is 0 Å². The molecule has 1 atom stereocenters. The van der Waals surface area contributed by atoms with E-state index in [0.717, 1.165) is 19.4 Å². The number of aliphatic hydroxyl groups excluding tert-OH is 1. The van der Waals surface area contributed by atoms with Crippen molar-refractivity contribution in [1.29, 1.82) is 0 Å². The summed E-state index contributed by atoms with van der Waals surface area (Å²) in [6, 6.07) is 8.69. The molecule has 2 aliphatic carbocycles. The highest BCUT2D eigenvalue weighted by molar-refractivity contribution is 5.40. The predicted octanol–water partition coefficient (Wildman–Crippen LogP) is 1.83. The first-order chi connectivity index (χ1) is 7.83. The topological polar surface area (TPSA) is 32.3 Å². The maximum absolute atomic E-state index is 9.37. The molecule has 1 saturated carbocycles. The molecule has 1 aromatic rings. The molecule has 2 aliphatic rings. The fourth-order valence-corrected chi connectivity index (χ4v) is 2.88. The third-order valence-electron chi connectivity index (χ3n) is 4.30. The van der Waals surface area contributed by atoms with Gasteiger partial charge < -0.3 is 10.4 Å². The van der Waals surface area contributed by atoms with Crippen LogP contribution >= 0.6 is 0 Å². The van der Waals surface area contributed by atoms with Gasteiger partial charge in [-0.3, -0.25) is 0 Å². The van der Waals surface area contributed by atoms with Crippen molar-refractivity contribution in [1.82, 2.24) is 5.32 Å². The lowest BCUT2D eigenvalue weighted by Gasteiger charge is -2.43. The molecule has 16 heavy (non-hydrogen) atoms. The molecule has 0 saturated heterocycles. The van der Waals surface area contributed by atoms with Crippen molar-refractivity contribution in [2.75, 3.05) is 13.2 Å². The van der Waals surface area contributed by atoms with Gasteiger partial charge in [-0.05, 0) is 36.8 Å². The second-order valence-corrected chi connectivity index (χ2v) is 5.27. The van der Waals surface area contributed by atoms with E-state index in [0.29, 0.717) is 12.5 Å². The molecule has 86 valence electrons. The SMILES string of the molecule is OCC1(NCC2Cc3ccccc32)CCC1. The van der Waals surface area contributed by atoms with E-state index in [1.165, 1.54) is 24.0 Å². The molecule has 2 nitrogen and oxygen atoms in total. The van der Waals surface area contributed by atoms with Crippen LogP contribution in [-0.2, 0) is 6.42 Å². The summed E-state index contributed by atoms with van der Waals surface area (Å²) < 4.78 is 0. The lowest BCUT2D eigenvalue weighted by molar-refractivity contribution is 0.0866. The van der Waals surface area contributed by atoms with E-state index in [-0.39, 0.29) is 5.54 Å². The lowest BCUT2D eigenvalue weighted by Crippen LogP contribution is -2.55. The Labute approximate surface area is 96.7 Å². The molecular weight excluding hydrogens is 198 g/mol. The van der Waals surface area contributed by atoms with Crippen molar-refractivity contribution in [3.63, 3.8) is 0 Å². The van der Waals surface area contributed by atoms with E-state index in [1.807, 2.05) is 0 Å². The molecule has 0 amide bonds. The van der Waals surface area contributed by atoms with Gasteiger partial charge in [-0.25, -0.2) is 0 Å². The van der Waals surface area contributed by atoms with Gasteiger partial charge in [0.15, 0.2) is 0 Å². The van der Waals surface area contributed by atoms with Crippen molar-refractivity contribution < 1.29 is 5.11 Å². The summed E-state index contributed by atoms with van der Waals surface area (Å²) in [4.78, 5) is 0. The predicted molar refractivity (Wildman–Crippen MR) is 64.6 cm³/mol. The van der Waals surface area contributed by atoms with Crippen molar-refractivity contribution in [3.05, 3.63) is 35.4 Å². The highest BCUT2D eigenvalue weighted by Crippen LogP contribution is 2.36. The van der Waals surface area contributed by atoms with Crippen LogP contribution in [0.5, 0.6) is 0 Å². The van der Waals surface area contributed by atoms with Gasteiger partial charge >= 0.3 is 0 Å². The second kappa shape index (κ2) is 3.86. The van der Waals surface area contributed by atoms with Gasteiger partial charge in [0.2, 0.25) is 0 Å². The quantitative estimate of drug-likeness (QED) is 0.806.